The number of alkyl halides is 1. The van der Waals surface area contributed by atoms with Gasteiger partial charge in [-0.3, -0.25) is 14.9 Å². The van der Waals surface area contributed by atoms with Crippen molar-refractivity contribution in [3.63, 3.8) is 0 Å². The molecule has 0 N–H and O–H groups in total. The number of benzene rings is 1. The van der Waals surface area contributed by atoms with Gasteiger partial charge in [0.2, 0.25) is 0 Å². The monoisotopic (exact) mass is 314 g/mol. The van der Waals surface area contributed by atoms with E-state index in [0.29, 0.717) is 24.9 Å². The van der Waals surface area contributed by atoms with Crippen LogP contribution in [-0.2, 0) is 0 Å². The molecule has 0 radical (unpaired) electrons. The van der Waals surface area contributed by atoms with Crippen LogP contribution in [0.1, 0.15) is 29.6 Å². The minimum Gasteiger partial charge on any atom is -0.338 e. The van der Waals surface area contributed by atoms with Gasteiger partial charge in [0, 0.05) is 25.0 Å². The predicted molar refractivity (Wildman–Crippen MR) is 77.0 cm³/mol. The van der Waals surface area contributed by atoms with Gasteiger partial charge < -0.3 is 4.90 Å². The molecule has 1 fully saturated rings. The molecule has 7 heteroatoms. The molecule has 0 aliphatic carbocycles. The van der Waals surface area contributed by atoms with E-state index in [1.807, 2.05) is 0 Å². The minimum absolute atomic E-state index is 0.188. The molecule has 0 saturated carbocycles. The highest BCUT2D eigenvalue weighted by Crippen LogP contribution is 2.25. The standard InChI is InChI=1S/C14H16ClFN2O3/c15-6-5-10-2-1-7-17(9-10)14(19)12-8-11(16)3-4-13(12)18(20)21/h3-4,8,10H,1-2,5-7,9H2. The van der Waals surface area contributed by atoms with Crippen LogP contribution in [0.3, 0.4) is 0 Å². The molecule has 1 aromatic carbocycles. The maximum Gasteiger partial charge on any atom is 0.282 e. The number of halogens is 2. The van der Waals surface area contributed by atoms with Crippen molar-refractivity contribution in [3.8, 4) is 0 Å². The third kappa shape index (κ3) is 3.69. The fourth-order valence-electron chi connectivity index (χ4n) is 2.65. The van der Waals surface area contributed by atoms with Crippen LogP contribution in [0.5, 0.6) is 0 Å². The van der Waals surface area contributed by atoms with Gasteiger partial charge in [-0.1, -0.05) is 0 Å². The predicted octanol–water partition coefficient (Wildman–Crippen LogP) is 3.22. The summed E-state index contributed by atoms with van der Waals surface area (Å²) in [5.41, 5.74) is -0.549. The summed E-state index contributed by atoms with van der Waals surface area (Å²) in [6.45, 7) is 1.05. The summed E-state index contributed by atoms with van der Waals surface area (Å²) in [6.07, 6.45) is 2.62. The van der Waals surface area contributed by atoms with Crippen molar-refractivity contribution in [2.75, 3.05) is 19.0 Å². The number of nitro groups is 1. The molecule has 1 heterocycles. The van der Waals surface area contributed by atoms with Crippen LogP contribution in [0.2, 0.25) is 0 Å². The zero-order chi connectivity index (χ0) is 15.4. The van der Waals surface area contributed by atoms with Crippen LogP contribution >= 0.6 is 11.6 Å². The lowest BCUT2D eigenvalue weighted by Gasteiger charge is -2.32. The Hall–Kier alpha value is -1.69. The van der Waals surface area contributed by atoms with Crippen molar-refractivity contribution >= 4 is 23.2 Å². The average Bonchev–Trinajstić information content (AvgIpc) is 2.46. The molecule has 1 aliphatic rings. The van der Waals surface area contributed by atoms with Crippen LogP contribution in [0.15, 0.2) is 18.2 Å². The summed E-state index contributed by atoms with van der Waals surface area (Å²) in [5, 5.41) is 11.0. The van der Waals surface area contributed by atoms with Crippen molar-refractivity contribution in [1.29, 1.82) is 0 Å². The van der Waals surface area contributed by atoms with Gasteiger partial charge in [-0.2, -0.15) is 0 Å². The summed E-state index contributed by atoms with van der Waals surface area (Å²) in [6, 6.07) is 2.95. The molecule has 114 valence electrons. The second kappa shape index (κ2) is 6.85. The fourth-order valence-corrected chi connectivity index (χ4v) is 2.96. The van der Waals surface area contributed by atoms with Gasteiger partial charge in [0.25, 0.3) is 11.6 Å². The number of piperidine rings is 1. The van der Waals surface area contributed by atoms with Gasteiger partial charge in [-0.25, -0.2) is 4.39 Å². The van der Waals surface area contributed by atoms with E-state index in [4.69, 9.17) is 11.6 Å². The van der Waals surface area contributed by atoms with E-state index < -0.39 is 16.6 Å². The molecule has 1 aromatic rings. The van der Waals surface area contributed by atoms with Crippen LogP contribution in [0.4, 0.5) is 10.1 Å². The van der Waals surface area contributed by atoms with Crippen molar-refractivity contribution in [2.24, 2.45) is 5.92 Å². The molecule has 0 bridgehead atoms. The Bertz CT molecular complexity index is 551. The number of amides is 1. The molecule has 1 atom stereocenters. The molecular formula is C14H16ClFN2O3. The molecule has 2 rings (SSSR count). The number of rotatable bonds is 4. The van der Waals surface area contributed by atoms with Crippen LogP contribution < -0.4 is 0 Å². The second-order valence-electron chi connectivity index (χ2n) is 5.16. The Labute approximate surface area is 126 Å². The second-order valence-corrected chi connectivity index (χ2v) is 5.53. The van der Waals surface area contributed by atoms with Gasteiger partial charge in [0.05, 0.1) is 4.92 Å². The maximum atomic E-state index is 13.3. The lowest BCUT2D eigenvalue weighted by Crippen LogP contribution is -2.40. The van der Waals surface area contributed by atoms with Crippen molar-refractivity contribution in [3.05, 3.63) is 39.7 Å². The highest BCUT2D eigenvalue weighted by Gasteiger charge is 2.29. The molecule has 21 heavy (non-hydrogen) atoms. The van der Waals surface area contributed by atoms with Crippen LogP contribution in [0.25, 0.3) is 0 Å². The Morgan fingerprint density at radius 1 is 1.52 bits per heavy atom. The number of likely N-dealkylation sites (tertiary alicyclic amines) is 1. The van der Waals surface area contributed by atoms with E-state index in [1.165, 1.54) is 0 Å². The fraction of sp³-hybridized carbons (Fsp3) is 0.500. The van der Waals surface area contributed by atoms with Gasteiger partial charge >= 0.3 is 0 Å². The van der Waals surface area contributed by atoms with E-state index in [-0.39, 0.29) is 11.3 Å². The Balaban J connectivity index is 2.23. The number of carbonyl (C=O) groups excluding carboxylic acids is 1. The Morgan fingerprint density at radius 2 is 2.29 bits per heavy atom. The highest BCUT2D eigenvalue weighted by molar-refractivity contribution is 6.17. The SMILES string of the molecule is O=C(c1cc(F)ccc1[N+](=O)[O-])N1CCCC(CCCl)C1. The largest absolute Gasteiger partial charge is 0.338 e. The first-order valence-corrected chi connectivity index (χ1v) is 7.35. The van der Waals surface area contributed by atoms with Gasteiger partial charge in [-0.15, -0.1) is 11.6 Å². The average molecular weight is 315 g/mol. The summed E-state index contributed by atoms with van der Waals surface area (Å²) >= 11 is 5.72. The molecule has 1 aliphatic heterocycles. The first-order chi connectivity index (χ1) is 10.0. The number of carbonyl (C=O) groups is 1. The van der Waals surface area contributed by atoms with Gasteiger partial charge in [-0.05, 0) is 37.3 Å². The molecule has 0 spiro atoms. The van der Waals surface area contributed by atoms with Crippen molar-refractivity contribution in [2.45, 2.75) is 19.3 Å². The number of nitro benzene ring substituents is 1. The van der Waals surface area contributed by atoms with Crippen molar-refractivity contribution in [1.82, 2.24) is 4.90 Å². The third-order valence-corrected chi connectivity index (χ3v) is 3.93. The van der Waals surface area contributed by atoms with E-state index >= 15 is 0 Å². The summed E-state index contributed by atoms with van der Waals surface area (Å²) < 4.78 is 13.3. The first kappa shape index (κ1) is 15.7. The number of nitrogens with zero attached hydrogens (tertiary/aromatic N) is 2. The first-order valence-electron chi connectivity index (χ1n) is 6.82. The molecule has 1 unspecified atom stereocenters. The topological polar surface area (TPSA) is 63.4 Å². The zero-order valence-electron chi connectivity index (χ0n) is 11.4. The van der Waals surface area contributed by atoms with Gasteiger partial charge in [0.1, 0.15) is 11.4 Å². The van der Waals surface area contributed by atoms with E-state index in [0.717, 1.165) is 37.5 Å². The normalized spacial score (nSPS) is 18.6. The van der Waals surface area contributed by atoms with Gasteiger partial charge in [0.15, 0.2) is 0 Å². The summed E-state index contributed by atoms with van der Waals surface area (Å²) in [7, 11) is 0. The molecule has 1 saturated heterocycles. The molecule has 1 amide bonds. The third-order valence-electron chi connectivity index (χ3n) is 3.71. The molecule has 0 aromatic heterocycles. The highest BCUT2D eigenvalue weighted by atomic mass is 35.5. The quantitative estimate of drug-likeness (QED) is 0.487. The maximum absolute atomic E-state index is 13.3. The summed E-state index contributed by atoms with van der Waals surface area (Å²) in [4.78, 5) is 24.3. The van der Waals surface area contributed by atoms with E-state index in [2.05, 4.69) is 0 Å². The van der Waals surface area contributed by atoms with Crippen LogP contribution in [0, 0.1) is 21.8 Å². The van der Waals surface area contributed by atoms with E-state index in [1.54, 1.807) is 4.90 Å². The number of hydrogen-bond acceptors (Lipinski definition) is 3. The smallest absolute Gasteiger partial charge is 0.282 e. The Morgan fingerprint density at radius 3 is 2.95 bits per heavy atom. The minimum atomic E-state index is -0.660. The van der Waals surface area contributed by atoms with Crippen molar-refractivity contribution < 1.29 is 14.1 Å². The molecule has 5 nitrogen and oxygen atoms in total. The molecular weight excluding hydrogens is 299 g/mol. The Kier molecular flexibility index (Phi) is 5.12. The lowest BCUT2D eigenvalue weighted by molar-refractivity contribution is -0.385. The van der Waals surface area contributed by atoms with Crippen LogP contribution in [-0.4, -0.2) is 34.7 Å². The lowest BCUT2D eigenvalue weighted by atomic mass is 9.95. The number of hydrogen-bond donors (Lipinski definition) is 0. The zero-order valence-corrected chi connectivity index (χ0v) is 12.2. The van der Waals surface area contributed by atoms with E-state index in [9.17, 15) is 19.3 Å². The summed E-state index contributed by atoms with van der Waals surface area (Å²) in [5.74, 6) is -0.321.